The molecule has 3 rings (SSSR count). The van der Waals surface area contributed by atoms with Gasteiger partial charge in [0.15, 0.2) is 11.9 Å². The Hall–Kier alpha value is -2.22. The number of nitrogens with zero attached hydrogens (tertiary/aromatic N) is 1. The van der Waals surface area contributed by atoms with Crippen LogP contribution in [0, 0.1) is 0 Å². The summed E-state index contributed by atoms with van der Waals surface area (Å²) in [5.41, 5.74) is 0.766. The van der Waals surface area contributed by atoms with Gasteiger partial charge in [0, 0.05) is 20.0 Å². The summed E-state index contributed by atoms with van der Waals surface area (Å²) in [6.07, 6.45) is 1.64. The molecule has 29 heavy (non-hydrogen) atoms. The van der Waals surface area contributed by atoms with Gasteiger partial charge in [0.05, 0.1) is 15.5 Å². The molecule has 0 unspecified atom stereocenters. The Bertz CT molecular complexity index is 1010. The first-order chi connectivity index (χ1) is 13.8. The van der Waals surface area contributed by atoms with Crippen LogP contribution in [0.1, 0.15) is 41.6 Å². The van der Waals surface area contributed by atoms with Crippen LogP contribution in [0.15, 0.2) is 53.4 Å². The summed E-state index contributed by atoms with van der Waals surface area (Å²) in [4.78, 5) is 24.4. The summed E-state index contributed by atoms with van der Waals surface area (Å²) in [5, 5.41) is 0.0721. The minimum Gasteiger partial charge on any atom is -0.451 e. The van der Waals surface area contributed by atoms with Crippen LogP contribution < -0.4 is 0 Å². The van der Waals surface area contributed by atoms with Crippen LogP contribution in [0.5, 0.6) is 0 Å². The molecule has 1 saturated carbocycles. The minimum absolute atomic E-state index is 0.0674. The number of esters is 1. The lowest BCUT2D eigenvalue weighted by Crippen LogP contribution is -2.30. The molecule has 0 saturated heterocycles. The summed E-state index contributed by atoms with van der Waals surface area (Å²) in [6, 6.07) is 13.1. The second-order valence-electron chi connectivity index (χ2n) is 6.99. The van der Waals surface area contributed by atoms with Crippen molar-refractivity contribution in [3.05, 3.63) is 64.7 Å². The topological polar surface area (TPSA) is 80.8 Å². The first-order valence-corrected chi connectivity index (χ1v) is 11.1. The van der Waals surface area contributed by atoms with Crippen molar-refractivity contribution in [3.8, 4) is 0 Å². The summed E-state index contributed by atoms with van der Waals surface area (Å²) >= 11 is 6.11. The number of Topliss-reactive ketones (excluding diaryl/α,β-unsaturated/α-hetero) is 1. The monoisotopic (exact) mass is 435 g/mol. The molecule has 6 nitrogen and oxygen atoms in total. The zero-order chi connectivity index (χ0) is 21.0. The average Bonchev–Trinajstić information content (AvgIpc) is 2.70. The number of ether oxygens (including phenoxy) is 1. The predicted octanol–water partition coefficient (Wildman–Crippen LogP) is 3.83. The molecule has 0 aliphatic heterocycles. The fourth-order valence-electron chi connectivity index (χ4n) is 3.19. The lowest BCUT2D eigenvalue weighted by molar-refractivity contribution is -0.129. The molecule has 154 valence electrons. The van der Waals surface area contributed by atoms with Gasteiger partial charge in [-0.3, -0.25) is 4.79 Å². The maximum atomic E-state index is 12.9. The normalized spacial score (nSPS) is 17.3. The highest BCUT2D eigenvalue weighted by molar-refractivity contribution is 7.89. The molecule has 0 heterocycles. The number of sulfonamides is 1. The highest BCUT2D eigenvalue weighted by atomic mass is 35.5. The van der Waals surface area contributed by atoms with Crippen LogP contribution in [-0.2, 0) is 26.1 Å². The molecular weight excluding hydrogens is 414 g/mol. The second kappa shape index (κ2) is 9.07. The van der Waals surface area contributed by atoms with E-state index in [0.717, 1.165) is 18.4 Å². The molecule has 2 aromatic carbocycles. The summed E-state index contributed by atoms with van der Waals surface area (Å²) in [7, 11) is -2.39. The molecule has 1 aliphatic carbocycles. The van der Waals surface area contributed by atoms with E-state index in [2.05, 4.69) is 0 Å². The van der Waals surface area contributed by atoms with Crippen molar-refractivity contribution in [2.75, 3.05) is 7.05 Å². The summed E-state index contributed by atoms with van der Waals surface area (Å²) in [5.74, 6) is -0.912. The van der Waals surface area contributed by atoms with Crippen molar-refractivity contribution in [2.24, 2.45) is 0 Å². The number of hydrogen-bond donors (Lipinski definition) is 0. The van der Waals surface area contributed by atoms with Crippen LogP contribution in [0.2, 0.25) is 5.02 Å². The lowest BCUT2D eigenvalue weighted by Gasteiger charge is -2.21. The first kappa shape index (κ1) is 21.5. The van der Waals surface area contributed by atoms with Crippen molar-refractivity contribution in [1.82, 2.24) is 4.31 Å². The quantitative estimate of drug-likeness (QED) is 0.644. The van der Waals surface area contributed by atoms with Gasteiger partial charge < -0.3 is 4.74 Å². The zero-order valence-electron chi connectivity index (χ0n) is 16.0. The fourth-order valence-corrected chi connectivity index (χ4v) is 4.58. The summed E-state index contributed by atoms with van der Waals surface area (Å²) < 4.78 is 32.4. The number of rotatable bonds is 6. The van der Waals surface area contributed by atoms with Crippen LogP contribution in [0.4, 0.5) is 0 Å². The maximum absolute atomic E-state index is 12.9. The maximum Gasteiger partial charge on any atom is 0.340 e. The van der Waals surface area contributed by atoms with Gasteiger partial charge in [-0.2, -0.15) is 4.31 Å². The molecule has 0 aromatic heterocycles. The molecule has 0 radical (unpaired) electrons. The van der Waals surface area contributed by atoms with Crippen molar-refractivity contribution < 1.29 is 22.7 Å². The van der Waals surface area contributed by atoms with Gasteiger partial charge in [-0.15, -0.1) is 0 Å². The number of carbonyl (C=O) groups excluding carboxylic acids is 2. The van der Waals surface area contributed by atoms with E-state index in [0.29, 0.717) is 12.8 Å². The van der Waals surface area contributed by atoms with E-state index < -0.39 is 22.1 Å². The van der Waals surface area contributed by atoms with Crippen LogP contribution in [-0.4, -0.2) is 37.6 Å². The second-order valence-corrected chi connectivity index (χ2v) is 9.45. The molecule has 8 heteroatoms. The fraction of sp³-hybridized carbons (Fsp3) is 0.333. The van der Waals surface area contributed by atoms with Gasteiger partial charge in [0.25, 0.3) is 0 Å². The minimum atomic E-state index is -3.85. The number of carbonyl (C=O) groups is 2. The molecule has 0 amide bonds. The van der Waals surface area contributed by atoms with Gasteiger partial charge in [-0.1, -0.05) is 41.9 Å². The van der Waals surface area contributed by atoms with E-state index in [-0.39, 0.29) is 27.8 Å². The Balaban J connectivity index is 1.81. The number of hydrogen-bond acceptors (Lipinski definition) is 5. The van der Waals surface area contributed by atoms with Crippen LogP contribution in [0.25, 0.3) is 0 Å². The number of halogens is 1. The van der Waals surface area contributed by atoms with Gasteiger partial charge in [-0.05, 0) is 43.0 Å². The van der Waals surface area contributed by atoms with Crippen LogP contribution >= 0.6 is 11.6 Å². The third-order valence-electron chi connectivity index (χ3n) is 4.86. The Kier molecular flexibility index (Phi) is 6.72. The molecular formula is C21H22ClNO5S. The van der Waals surface area contributed by atoms with E-state index in [4.69, 9.17) is 16.3 Å². The van der Waals surface area contributed by atoms with E-state index in [1.165, 1.54) is 29.6 Å². The van der Waals surface area contributed by atoms with Crippen molar-refractivity contribution in [2.45, 2.75) is 43.2 Å². The van der Waals surface area contributed by atoms with E-state index in [1.54, 1.807) is 0 Å². The third-order valence-corrected chi connectivity index (χ3v) is 6.99. The molecule has 1 fully saturated rings. The highest BCUT2D eigenvalue weighted by Crippen LogP contribution is 2.26. The Labute approximate surface area is 175 Å². The standard InChI is InChI=1S/C21H22ClNO5S/c1-23(14-15-7-3-2-4-8-15)29(26,27)16-11-12-18(22)17(13-16)21(25)28-20-10-6-5-9-19(20)24/h2-4,7-8,11-13,20H,5-6,9-10,14H2,1H3/t20-/m1/s1. The van der Waals surface area contributed by atoms with Crippen molar-refractivity contribution >= 4 is 33.4 Å². The van der Waals surface area contributed by atoms with Gasteiger partial charge >= 0.3 is 5.97 Å². The smallest absolute Gasteiger partial charge is 0.340 e. The molecule has 0 N–H and O–H groups in total. The molecule has 1 aliphatic rings. The molecule has 1 atom stereocenters. The zero-order valence-corrected chi connectivity index (χ0v) is 17.6. The largest absolute Gasteiger partial charge is 0.451 e. The molecule has 2 aromatic rings. The Morgan fingerprint density at radius 3 is 2.59 bits per heavy atom. The van der Waals surface area contributed by atoms with Gasteiger partial charge in [-0.25, -0.2) is 13.2 Å². The predicted molar refractivity (Wildman–Crippen MR) is 109 cm³/mol. The average molecular weight is 436 g/mol. The van der Waals surface area contributed by atoms with E-state index >= 15 is 0 Å². The highest BCUT2D eigenvalue weighted by Gasteiger charge is 2.28. The molecule has 0 bridgehead atoms. The first-order valence-electron chi connectivity index (χ1n) is 9.32. The number of benzene rings is 2. The van der Waals surface area contributed by atoms with Gasteiger partial charge in [0.1, 0.15) is 0 Å². The molecule has 0 spiro atoms. The summed E-state index contributed by atoms with van der Waals surface area (Å²) in [6.45, 7) is 0.183. The Morgan fingerprint density at radius 1 is 1.17 bits per heavy atom. The van der Waals surface area contributed by atoms with Gasteiger partial charge in [0.2, 0.25) is 10.0 Å². The van der Waals surface area contributed by atoms with Crippen molar-refractivity contribution in [3.63, 3.8) is 0 Å². The number of ketones is 1. The Morgan fingerprint density at radius 2 is 1.90 bits per heavy atom. The van der Waals surface area contributed by atoms with Crippen LogP contribution in [0.3, 0.4) is 0 Å². The van der Waals surface area contributed by atoms with Crippen molar-refractivity contribution in [1.29, 1.82) is 0 Å². The van der Waals surface area contributed by atoms with E-state index in [9.17, 15) is 18.0 Å². The lowest BCUT2D eigenvalue weighted by atomic mass is 9.96. The van der Waals surface area contributed by atoms with E-state index in [1.807, 2.05) is 30.3 Å². The SMILES string of the molecule is CN(Cc1ccccc1)S(=O)(=O)c1ccc(Cl)c(C(=O)O[C@@H]2CCCCC2=O)c1. The third kappa shape index (κ3) is 5.04.